The van der Waals surface area contributed by atoms with Crippen LogP contribution in [0.25, 0.3) is 0 Å². The summed E-state index contributed by atoms with van der Waals surface area (Å²) in [5.41, 5.74) is 6.39. The molecule has 0 aliphatic heterocycles. The third kappa shape index (κ3) is 1.15. The van der Waals surface area contributed by atoms with E-state index in [9.17, 15) is 0 Å². The van der Waals surface area contributed by atoms with Crippen LogP contribution in [0.1, 0.15) is 30.9 Å². The Kier molecular flexibility index (Phi) is 1.45. The number of hydrogen-bond donors (Lipinski definition) is 1. The van der Waals surface area contributed by atoms with Gasteiger partial charge in [0.25, 0.3) is 0 Å². The van der Waals surface area contributed by atoms with Crippen molar-refractivity contribution in [3.8, 4) is 0 Å². The lowest BCUT2D eigenvalue weighted by atomic mass is 9.83. The fourth-order valence-corrected chi connectivity index (χ4v) is 1.23. The van der Waals surface area contributed by atoms with E-state index in [0.29, 0.717) is 5.92 Å². The van der Waals surface area contributed by atoms with Gasteiger partial charge in [0.2, 0.25) is 5.95 Å². The normalized spacial score (nSPS) is 17.8. The molecule has 4 heteroatoms. The zero-order valence-electron chi connectivity index (χ0n) is 6.20. The van der Waals surface area contributed by atoms with Gasteiger partial charge in [0, 0.05) is 5.92 Å². The van der Waals surface area contributed by atoms with Crippen molar-refractivity contribution in [3.63, 3.8) is 0 Å². The number of nitrogen functional groups attached to an aromatic ring is 1. The minimum atomic E-state index is 0.286. The lowest BCUT2D eigenvalue weighted by molar-refractivity contribution is 0.409. The molecule has 1 aromatic heterocycles. The Morgan fingerprint density at radius 3 is 2.82 bits per heavy atom. The number of nitrogens with zero attached hydrogens (tertiary/aromatic N) is 3. The first kappa shape index (κ1) is 6.52. The van der Waals surface area contributed by atoms with E-state index < -0.39 is 0 Å². The van der Waals surface area contributed by atoms with Gasteiger partial charge in [0.05, 0.1) is 11.9 Å². The average Bonchev–Trinajstić information content (AvgIpc) is 1.83. The summed E-state index contributed by atoms with van der Waals surface area (Å²) < 4.78 is 0. The summed E-state index contributed by atoms with van der Waals surface area (Å²) in [5.74, 6) is 0.877. The number of anilines is 1. The van der Waals surface area contributed by atoms with Gasteiger partial charge < -0.3 is 5.73 Å². The number of hydrogen-bond acceptors (Lipinski definition) is 4. The minimum absolute atomic E-state index is 0.286. The highest BCUT2D eigenvalue weighted by Crippen LogP contribution is 2.34. The van der Waals surface area contributed by atoms with Crippen molar-refractivity contribution in [1.29, 1.82) is 0 Å². The molecule has 0 unspecified atom stereocenters. The highest BCUT2D eigenvalue weighted by Gasteiger charge is 2.21. The quantitative estimate of drug-likeness (QED) is 0.640. The Labute approximate surface area is 64.9 Å². The maximum Gasteiger partial charge on any atom is 0.240 e. The SMILES string of the molecule is Nc1nncc(C2CCC2)n1. The molecule has 1 fully saturated rings. The summed E-state index contributed by atoms with van der Waals surface area (Å²) in [7, 11) is 0. The molecule has 1 heterocycles. The van der Waals surface area contributed by atoms with Gasteiger partial charge in [0.15, 0.2) is 0 Å². The van der Waals surface area contributed by atoms with Gasteiger partial charge in [-0.2, -0.15) is 5.10 Å². The van der Waals surface area contributed by atoms with Crippen LogP contribution in [0, 0.1) is 0 Å². The van der Waals surface area contributed by atoms with Crippen molar-refractivity contribution in [2.45, 2.75) is 25.2 Å². The van der Waals surface area contributed by atoms with Crippen LogP contribution in [0.4, 0.5) is 5.95 Å². The van der Waals surface area contributed by atoms with Crippen LogP contribution in [-0.2, 0) is 0 Å². The van der Waals surface area contributed by atoms with E-state index in [1.165, 1.54) is 19.3 Å². The molecule has 58 valence electrons. The molecule has 0 spiro atoms. The van der Waals surface area contributed by atoms with E-state index in [-0.39, 0.29) is 5.95 Å². The molecule has 0 radical (unpaired) electrons. The first-order chi connectivity index (χ1) is 5.36. The first-order valence-corrected chi connectivity index (χ1v) is 3.81. The summed E-state index contributed by atoms with van der Waals surface area (Å²) in [5, 5.41) is 7.35. The molecule has 1 saturated carbocycles. The smallest absolute Gasteiger partial charge is 0.240 e. The van der Waals surface area contributed by atoms with Crippen molar-refractivity contribution in [2.75, 3.05) is 5.73 Å². The van der Waals surface area contributed by atoms with Crippen LogP contribution in [0.2, 0.25) is 0 Å². The second-order valence-corrected chi connectivity index (χ2v) is 2.87. The zero-order chi connectivity index (χ0) is 7.68. The molecular formula is C7H10N4. The van der Waals surface area contributed by atoms with E-state index in [0.717, 1.165) is 5.69 Å². The van der Waals surface area contributed by atoms with E-state index in [1.54, 1.807) is 6.20 Å². The molecule has 2 rings (SSSR count). The molecular weight excluding hydrogens is 140 g/mol. The van der Waals surface area contributed by atoms with E-state index in [4.69, 9.17) is 5.73 Å². The van der Waals surface area contributed by atoms with Crippen molar-refractivity contribution < 1.29 is 0 Å². The molecule has 0 bridgehead atoms. The summed E-state index contributed by atoms with van der Waals surface area (Å²) in [4.78, 5) is 4.10. The summed E-state index contributed by atoms with van der Waals surface area (Å²) >= 11 is 0. The molecule has 1 aliphatic carbocycles. The highest BCUT2D eigenvalue weighted by molar-refractivity contribution is 5.17. The first-order valence-electron chi connectivity index (χ1n) is 3.81. The molecule has 0 amide bonds. The monoisotopic (exact) mass is 150 g/mol. The van der Waals surface area contributed by atoms with Gasteiger partial charge >= 0.3 is 0 Å². The Hall–Kier alpha value is -1.19. The number of rotatable bonds is 1. The van der Waals surface area contributed by atoms with Gasteiger partial charge in [0.1, 0.15) is 0 Å². The predicted octanol–water partition coefficient (Wildman–Crippen LogP) is 0.721. The summed E-state index contributed by atoms with van der Waals surface area (Å²) in [6, 6.07) is 0. The van der Waals surface area contributed by atoms with Gasteiger partial charge in [-0.1, -0.05) is 6.42 Å². The fraction of sp³-hybridized carbons (Fsp3) is 0.571. The minimum Gasteiger partial charge on any atom is -0.366 e. The maximum absolute atomic E-state index is 5.39. The van der Waals surface area contributed by atoms with Crippen LogP contribution in [0.5, 0.6) is 0 Å². The van der Waals surface area contributed by atoms with E-state index in [1.807, 2.05) is 0 Å². The van der Waals surface area contributed by atoms with Crippen LogP contribution in [0.3, 0.4) is 0 Å². The molecule has 1 aliphatic rings. The number of aromatic nitrogens is 3. The molecule has 11 heavy (non-hydrogen) atoms. The second-order valence-electron chi connectivity index (χ2n) is 2.87. The highest BCUT2D eigenvalue weighted by atomic mass is 15.2. The Balaban J connectivity index is 2.23. The van der Waals surface area contributed by atoms with Crippen LogP contribution in [0.15, 0.2) is 6.20 Å². The molecule has 4 nitrogen and oxygen atoms in total. The number of nitrogens with two attached hydrogens (primary N) is 1. The zero-order valence-corrected chi connectivity index (χ0v) is 6.20. The average molecular weight is 150 g/mol. The summed E-state index contributed by atoms with van der Waals surface area (Å²) in [6.07, 6.45) is 5.45. The van der Waals surface area contributed by atoms with Crippen molar-refractivity contribution >= 4 is 5.95 Å². The topological polar surface area (TPSA) is 64.7 Å². The van der Waals surface area contributed by atoms with E-state index in [2.05, 4.69) is 15.2 Å². The van der Waals surface area contributed by atoms with Crippen molar-refractivity contribution in [2.24, 2.45) is 0 Å². The van der Waals surface area contributed by atoms with Crippen molar-refractivity contribution in [1.82, 2.24) is 15.2 Å². The lowest BCUT2D eigenvalue weighted by Gasteiger charge is -2.23. The van der Waals surface area contributed by atoms with Crippen LogP contribution < -0.4 is 5.73 Å². The predicted molar refractivity (Wildman–Crippen MR) is 40.8 cm³/mol. The van der Waals surface area contributed by atoms with Crippen molar-refractivity contribution in [3.05, 3.63) is 11.9 Å². The Morgan fingerprint density at radius 2 is 2.27 bits per heavy atom. The third-order valence-electron chi connectivity index (χ3n) is 2.12. The Morgan fingerprint density at radius 1 is 1.45 bits per heavy atom. The maximum atomic E-state index is 5.39. The molecule has 0 atom stereocenters. The van der Waals surface area contributed by atoms with Crippen LogP contribution in [-0.4, -0.2) is 15.2 Å². The largest absolute Gasteiger partial charge is 0.366 e. The van der Waals surface area contributed by atoms with Gasteiger partial charge in [-0.25, -0.2) is 4.98 Å². The van der Waals surface area contributed by atoms with Gasteiger partial charge in [-0.3, -0.25) is 0 Å². The van der Waals surface area contributed by atoms with Gasteiger partial charge in [-0.15, -0.1) is 5.10 Å². The molecule has 0 saturated heterocycles. The Bertz CT molecular complexity index is 256. The molecule has 0 aromatic carbocycles. The lowest BCUT2D eigenvalue weighted by Crippen LogP contribution is -2.12. The molecule has 1 aromatic rings. The fourth-order valence-electron chi connectivity index (χ4n) is 1.23. The molecule has 2 N–H and O–H groups in total. The third-order valence-corrected chi connectivity index (χ3v) is 2.12. The van der Waals surface area contributed by atoms with E-state index >= 15 is 0 Å². The van der Waals surface area contributed by atoms with Gasteiger partial charge in [-0.05, 0) is 12.8 Å². The standard InChI is InChI=1S/C7H10N4/c8-7-10-6(4-9-11-7)5-2-1-3-5/h4-5H,1-3H2,(H2,8,10,11). The second kappa shape index (κ2) is 2.45. The summed E-state index contributed by atoms with van der Waals surface area (Å²) in [6.45, 7) is 0. The van der Waals surface area contributed by atoms with Crippen LogP contribution >= 0.6 is 0 Å².